The van der Waals surface area contributed by atoms with Gasteiger partial charge in [0.15, 0.2) is 0 Å². The number of nitrogens with two attached hydrogens (primary N) is 1. The van der Waals surface area contributed by atoms with Crippen molar-refractivity contribution in [3.05, 3.63) is 29.6 Å². The highest BCUT2D eigenvalue weighted by Crippen LogP contribution is 2.28. The summed E-state index contributed by atoms with van der Waals surface area (Å²) in [5.74, 6) is 0.401. The first-order chi connectivity index (χ1) is 8.70. The predicted octanol–water partition coefficient (Wildman–Crippen LogP) is 2.37. The van der Waals surface area contributed by atoms with Crippen molar-refractivity contribution >= 4 is 0 Å². The van der Waals surface area contributed by atoms with Crippen LogP contribution in [-0.4, -0.2) is 19.7 Å². The van der Waals surface area contributed by atoms with Crippen LogP contribution in [0.2, 0.25) is 0 Å². The molecule has 18 heavy (non-hydrogen) atoms. The van der Waals surface area contributed by atoms with Crippen LogP contribution in [0.5, 0.6) is 5.75 Å². The van der Waals surface area contributed by atoms with Crippen molar-refractivity contribution in [2.24, 2.45) is 5.73 Å². The van der Waals surface area contributed by atoms with Crippen LogP contribution in [0.25, 0.3) is 0 Å². The Morgan fingerprint density at radius 2 is 2.33 bits per heavy atom. The molecule has 2 unspecified atom stereocenters. The number of halogens is 1. The van der Waals surface area contributed by atoms with E-state index < -0.39 is 0 Å². The first-order valence-electron chi connectivity index (χ1n) is 6.53. The number of methoxy groups -OCH3 is 1. The average molecular weight is 252 g/mol. The Morgan fingerprint density at radius 1 is 1.50 bits per heavy atom. The molecule has 0 spiro atoms. The van der Waals surface area contributed by atoms with E-state index in [0.29, 0.717) is 11.8 Å². The van der Waals surface area contributed by atoms with Crippen LogP contribution in [0.3, 0.4) is 0 Å². The Balaban J connectivity index is 2.07. The van der Waals surface area contributed by atoms with Gasteiger partial charge in [-0.15, -0.1) is 0 Å². The van der Waals surface area contributed by atoms with Crippen molar-refractivity contribution in [3.63, 3.8) is 0 Å². The summed E-state index contributed by atoms with van der Waals surface area (Å²) in [5.41, 5.74) is 6.94. The topological polar surface area (TPSA) is 47.3 Å². The Bertz CT molecular complexity index is 391. The average Bonchev–Trinajstić information content (AvgIpc) is 2.40. The molecule has 0 bridgehead atoms. The molecule has 1 aromatic carbocycles. The van der Waals surface area contributed by atoms with Gasteiger partial charge >= 0.3 is 0 Å². The fraction of sp³-hybridized carbons (Fsp3) is 0.571. The summed E-state index contributed by atoms with van der Waals surface area (Å²) >= 11 is 0. The van der Waals surface area contributed by atoms with Gasteiger partial charge in [-0.25, -0.2) is 4.39 Å². The van der Waals surface area contributed by atoms with Gasteiger partial charge < -0.3 is 15.8 Å². The standard InChI is InChI=1S/C14H21FN2O/c1-18-14-6-5-10(15)8-12(14)13(16)9-11-4-2-3-7-17-11/h5-6,8,11,13,17H,2-4,7,9,16H2,1H3. The fourth-order valence-electron chi connectivity index (χ4n) is 2.55. The minimum absolute atomic E-state index is 0.189. The highest BCUT2D eigenvalue weighted by atomic mass is 19.1. The third kappa shape index (κ3) is 3.21. The number of hydrogen-bond donors (Lipinski definition) is 2. The summed E-state index contributed by atoms with van der Waals surface area (Å²) in [5, 5.41) is 3.46. The Morgan fingerprint density at radius 3 is 3.00 bits per heavy atom. The number of hydrogen-bond acceptors (Lipinski definition) is 3. The van der Waals surface area contributed by atoms with Crippen LogP contribution in [0.4, 0.5) is 4.39 Å². The van der Waals surface area contributed by atoms with Gasteiger partial charge in [0.1, 0.15) is 11.6 Å². The molecule has 1 fully saturated rings. The summed E-state index contributed by atoms with van der Waals surface area (Å²) in [7, 11) is 1.59. The lowest BCUT2D eigenvalue weighted by Crippen LogP contribution is -2.36. The third-order valence-corrected chi connectivity index (χ3v) is 3.54. The van der Waals surface area contributed by atoms with E-state index in [-0.39, 0.29) is 11.9 Å². The smallest absolute Gasteiger partial charge is 0.123 e. The monoisotopic (exact) mass is 252 g/mol. The Hall–Kier alpha value is -1.13. The molecule has 0 radical (unpaired) electrons. The van der Waals surface area contributed by atoms with Crippen molar-refractivity contribution in [3.8, 4) is 5.75 Å². The molecule has 2 rings (SSSR count). The van der Waals surface area contributed by atoms with E-state index in [1.54, 1.807) is 13.2 Å². The minimum atomic E-state index is -0.266. The first-order valence-corrected chi connectivity index (χ1v) is 6.53. The van der Waals surface area contributed by atoms with Gasteiger partial charge in [-0.2, -0.15) is 0 Å². The largest absolute Gasteiger partial charge is 0.496 e. The zero-order valence-corrected chi connectivity index (χ0v) is 10.8. The van der Waals surface area contributed by atoms with Crippen LogP contribution >= 0.6 is 0 Å². The molecule has 0 aromatic heterocycles. The molecule has 0 aliphatic carbocycles. The van der Waals surface area contributed by atoms with E-state index in [9.17, 15) is 4.39 Å². The molecule has 1 aliphatic rings. The molecule has 1 aromatic rings. The number of benzene rings is 1. The SMILES string of the molecule is COc1ccc(F)cc1C(N)CC1CCCCN1. The van der Waals surface area contributed by atoms with Crippen LogP contribution in [0.1, 0.15) is 37.3 Å². The van der Waals surface area contributed by atoms with Crippen LogP contribution < -0.4 is 15.8 Å². The van der Waals surface area contributed by atoms with Crippen LogP contribution in [0, 0.1) is 5.82 Å². The predicted molar refractivity (Wildman–Crippen MR) is 70.1 cm³/mol. The van der Waals surface area contributed by atoms with Crippen molar-refractivity contribution < 1.29 is 9.13 Å². The molecule has 4 heteroatoms. The molecular weight excluding hydrogens is 231 g/mol. The molecule has 1 aliphatic heterocycles. The lowest BCUT2D eigenvalue weighted by atomic mass is 9.94. The van der Waals surface area contributed by atoms with Crippen LogP contribution in [-0.2, 0) is 0 Å². The van der Waals surface area contributed by atoms with Gasteiger partial charge in [0.2, 0.25) is 0 Å². The summed E-state index contributed by atoms with van der Waals surface area (Å²) in [6.07, 6.45) is 4.44. The summed E-state index contributed by atoms with van der Waals surface area (Å²) in [6.45, 7) is 1.05. The molecule has 100 valence electrons. The first kappa shape index (κ1) is 13.3. The van der Waals surface area contributed by atoms with Crippen molar-refractivity contribution in [1.29, 1.82) is 0 Å². The van der Waals surface area contributed by atoms with Crippen molar-refractivity contribution in [1.82, 2.24) is 5.32 Å². The van der Waals surface area contributed by atoms with E-state index in [4.69, 9.17) is 10.5 Å². The molecule has 1 heterocycles. The normalized spacial score (nSPS) is 21.6. The molecule has 3 N–H and O–H groups in total. The van der Waals surface area contributed by atoms with E-state index in [1.807, 2.05) is 0 Å². The summed E-state index contributed by atoms with van der Waals surface area (Å²) < 4.78 is 18.5. The van der Waals surface area contributed by atoms with Gasteiger partial charge in [0.05, 0.1) is 7.11 Å². The number of piperidine rings is 1. The second-order valence-electron chi connectivity index (χ2n) is 4.88. The number of rotatable bonds is 4. The Kier molecular flexibility index (Phi) is 4.55. The highest BCUT2D eigenvalue weighted by molar-refractivity contribution is 5.36. The van der Waals surface area contributed by atoms with Gasteiger partial charge in [0, 0.05) is 17.6 Å². The van der Waals surface area contributed by atoms with Gasteiger partial charge in [-0.05, 0) is 44.0 Å². The lowest BCUT2D eigenvalue weighted by molar-refractivity contribution is 0.354. The second-order valence-corrected chi connectivity index (χ2v) is 4.88. The van der Waals surface area contributed by atoms with Gasteiger partial charge in [-0.1, -0.05) is 6.42 Å². The van der Waals surface area contributed by atoms with Gasteiger partial charge in [0.25, 0.3) is 0 Å². The quantitative estimate of drug-likeness (QED) is 0.865. The Labute approximate surface area is 108 Å². The van der Waals surface area contributed by atoms with Gasteiger partial charge in [-0.3, -0.25) is 0 Å². The number of nitrogens with one attached hydrogen (secondary N) is 1. The van der Waals surface area contributed by atoms with E-state index in [0.717, 1.165) is 24.9 Å². The molecule has 0 saturated carbocycles. The van der Waals surface area contributed by atoms with E-state index >= 15 is 0 Å². The second kappa shape index (κ2) is 6.16. The maximum atomic E-state index is 13.3. The third-order valence-electron chi connectivity index (χ3n) is 3.54. The van der Waals surface area contributed by atoms with Crippen molar-refractivity contribution in [2.75, 3.05) is 13.7 Å². The molecule has 3 nitrogen and oxygen atoms in total. The minimum Gasteiger partial charge on any atom is -0.496 e. The molecule has 2 atom stereocenters. The maximum absolute atomic E-state index is 13.3. The zero-order valence-electron chi connectivity index (χ0n) is 10.8. The maximum Gasteiger partial charge on any atom is 0.123 e. The summed E-state index contributed by atoms with van der Waals surface area (Å²) in [6, 6.07) is 4.76. The molecule has 0 amide bonds. The van der Waals surface area contributed by atoms with Crippen LogP contribution in [0.15, 0.2) is 18.2 Å². The number of ether oxygens (including phenoxy) is 1. The molecule has 1 saturated heterocycles. The van der Waals surface area contributed by atoms with Crippen molar-refractivity contribution in [2.45, 2.75) is 37.8 Å². The van der Waals surface area contributed by atoms with E-state index in [2.05, 4.69) is 5.32 Å². The fourth-order valence-corrected chi connectivity index (χ4v) is 2.55. The highest BCUT2D eigenvalue weighted by Gasteiger charge is 2.19. The van der Waals surface area contributed by atoms with E-state index in [1.165, 1.54) is 25.0 Å². The zero-order chi connectivity index (χ0) is 13.0. The summed E-state index contributed by atoms with van der Waals surface area (Å²) in [4.78, 5) is 0. The molecular formula is C14H21FN2O. The lowest BCUT2D eigenvalue weighted by Gasteiger charge is -2.26.